The Morgan fingerprint density at radius 1 is 1.14 bits per heavy atom. The molecule has 0 bridgehead atoms. The highest BCUT2D eigenvalue weighted by Crippen LogP contribution is 2.39. The van der Waals surface area contributed by atoms with Crippen LogP contribution in [0.3, 0.4) is 0 Å². The van der Waals surface area contributed by atoms with Crippen molar-refractivity contribution in [1.29, 1.82) is 0 Å². The Morgan fingerprint density at radius 3 is 2.66 bits per heavy atom. The van der Waals surface area contributed by atoms with E-state index in [4.69, 9.17) is 28.3 Å². The van der Waals surface area contributed by atoms with E-state index in [1.165, 1.54) is 12.1 Å². The van der Waals surface area contributed by atoms with E-state index in [1.807, 2.05) is 6.08 Å². The third-order valence-corrected chi connectivity index (χ3v) is 7.95. The maximum absolute atomic E-state index is 13.5. The van der Waals surface area contributed by atoms with Crippen molar-refractivity contribution in [3.8, 4) is 5.69 Å². The summed E-state index contributed by atoms with van der Waals surface area (Å²) in [7, 11) is 0. The van der Waals surface area contributed by atoms with Gasteiger partial charge in [0, 0.05) is 22.1 Å². The maximum Gasteiger partial charge on any atom is 0.272 e. The second-order valence-corrected chi connectivity index (χ2v) is 10.7. The lowest BCUT2D eigenvalue weighted by Crippen LogP contribution is -2.45. The van der Waals surface area contributed by atoms with Gasteiger partial charge < -0.3 is 10.4 Å². The summed E-state index contributed by atoms with van der Waals surface area (Å²) in [5, 5.41) is 19.0. The number of aliphatic hydroxyl groups is 1. The molecule has 1 saturated carbocycles. The van der Waals surface area contributed by atoms with Crippen molar-refractivity contribution in [3.05, 3.63) is 80.8 Å². The number of amides is 1. The SMILES string of the molecule is O=C(N[C@@H]1CCCC[C@H]1O)c1nn(-c2ccc(Cl)cc2Cl)c2c1CSC/C2=C\c1ccc(F)cc1. The molecule has 2 aliphatic rings. The first-order valence-corrected chi connectivity index (χ1v) is 13.4. The second-order valence-electron chi connectivity index (χ2n) is 8.83. The summed E-state index contributed by atoms with van der Waals surface area (Å²) in [6, 6.07) is 11.1. The quantitative estimate of drug-likeness (QED) is 0.424. The highest BCUT2D eigenvalue weighted by atomic mass is 35.5. The molecule has 2 atom stereocenters. The molecule has 9 heteroatoms. The molecule has 182 valence electrons. The lowest BCUT2D eigenvalue weighted by Gasteiger charge is -2.28. The summed E-state index contributed by atoms with van der Waals surface area (Å²) in [4.78, 5) is 13.4. The molecule has 1 aromatic heterocycles. The Labute approximate surface area is 217 Å². The van der Waals surface area contributed by atoms with Crippen LogP contribution in [0.25, 0.3) is 17.3 Å². The average molecular weight is 532 g/mol. The smallest absolute Gasteiger partial charge is 0.272 e. The lowest BCUT2D eigenvalue weighted by atomic mass is 9.92. The van der Waals surface area contributed by atoms with E-state index in [1.54, 1.807) is 46.8 Å². The van der Waals surface area contributed by atoms with Gasteiger partial charge in [0.1, 0.15) is 5.82 Å². The van der Waals surface area contributed by atoms with Crippen molar-refractivity contribution >= 4 is 52.5 Å². The van der Waals surface area contributed by atoms with Gasteiger partial charge in [0.25, 0.3) is 5.91 Å². The summed E-state index contributed by atoms with van der Waals surface area (Å²) in [5.74, 6) is 0.702. The fraction of sp³-hybridized carbons (Fsp3) is 0.308. The van der Waals surface area contributed by atoms with Crippen LogP contribution in [0.2, 0.25) is 10.0 Å². The third kappa shape index (κ3) is 5.14. The topological polar surface area (TPSA) is 67.2 Å². The number of aliphatic hydroxyl groups excluding tert-OH is 1. The van der Waals surface area contributed by atoms with Gasteiger partial charge in [-0.3, -0.25) is 4.79 Å². The molecular weight excluding hydrogens is 508 g/mol. The highest BCUT2D eigenvalue weighted by molar-refractivity contribution is 7.99. The van der Waals surface area contributed by atoms with Crippen LogP contribution in [0.5, 0.6) is 0 Å². The third-order valence-electron chi connectivity index (χ3n) is 6.40. The molecule has 0 spiro atoms. The first-order valence-electron chi connectivity index (χ1n) is 11.5. The van der Waals surface area contributed by atoms with Gasteiger partial charge in [0.15, 0.2) is 5.69 Å². The fourth-order valence-electron chi connectivity index (χ4n) is 4.64. The number of hydrogen-bond acceptors (Lipinski definition) is 4. The molecule has 5 nitrogen and oxygen atoms in total. The van der Waals surface area contributed by atoms with Gasteiger partial charge in [-0.05, 0) is 60.4 Å². The van der Waals surface area contributed by atoms with Crippen molar-refractivity contribution in [2.45, 2.75) is 43.6 Å². The molecule has 2 heterocycles. The number of hydrogen-bond donors (Lipinski definition) is 2. The summed E-state index contributed by atoms with van der Waals surface area (Å²) in [5.41, 5.74) is 4.34. The van der Waals surface area contributed by atoms with E-state index < -0.39 is 6.10 Å². The van der Waals surface area contributed by atoms with Gasteiger partial charge in [0.2, 0.25) is 0 Å². The number of thioether (sulfide) groups is 1. The van der Waals surface area contributed by atoms with Crippen LogP contribution < -0.4 is 5.32 Å². The van der Waals surface area contributed by atoms with E-state index in [2.05, 4.69) is 5.32 Å². The van der Waals surface area contributed by atoms with Crippen molar-refractivity contribution in [1.82, 2.24) is 15.1 Å². The van der Waals surface area contributed by atoms with E-state index >= 15 is 0 Å². The van der Waals surface area contributed by atoms with Crippen LogP contribution in [0, 0.1) is 5.82 Å². The van der Waals surface area contributed by atoms with Gasteiger partial charge >= 0.3 is 0 Å². The van der Waals surface area contributed by atoms with Gasteiger partial charge in [-0.25, -0.2) is 9.07 Å². The molecule has 0 radical (unpaired) electrons. The molecule has 3 aromatic rings. The Kier molecular flexibility index (Phi) is 7.21. The molecule has 1 amide bonds. The maximum atomic E-state index is 13.5. The normalized spacial score (nSPS) is 21.1. The number of fused-ring (bicyclic) bond motifs is 1. The van der Waals surface area contributed by atoms with Gasteiger partial charge in [0.05, 0.1) is 28.5 Å². The van der Waals surface area contributed by atoms with Gasteiger partial charge in [-0.1, -0.05) is 48.2 Å². The Bertz CT molecular complexity index is 1290. The minimum absolute atomic E-state index is 0.290. The number of halogens is 3. The zero-order valence-corrected chi connectivity index (χ0v) is 21.1. The largest absolute Gasteiger partial charge is 0.391 e. The van der Waals surface area contributed by atoms with Crippen LogP contribution in [0.1, 0.15) is 53.0 Å². The monoisotopic (exact) mass is 531 g/mol. The van der Waals surface area contributed by atoms with Crippen molar-refractivity contribution in [3.63, 3.8) is 0 Å². The van der Waals surface area contributed by atoms with Crippen LogP contribution in [-0.4, -0.2) is 38.7 Å². The van der Waals surface area contributed by atoms with Crippen molar-refractivity contribution in [2.24, 2.45) is 0 Å². The second kappa shape index (κ2) is 10.3. The summed E-state index contributed by atoms with van der Waals surface area (Å²) < 4.78 is 15.2. The Hall–Kier alpha value is -2.32. The number of carbonyl (C=O) groups is 1. The van der Waals surface area contributed by atoms with Gasteiger partial charge in [-0.2, -0.15) is 16.9 Å². The number of carbonyl (C=O) groups excluding carboxylic acids is 1. The van der Waals surface area contributed by atoms with Crippen LogP contribution in [0.15, 0.2) is 42.5 Å². The number of benzene rings is 2. The molecule has 2 aromatic carbocycles. The summed E-state index contributed by atoms with van der Waals surface area (Å²) >= 11 is 14.4. The predicted octanol–water partition coefficient (Wildman–Crippen LogP) is 6.14. The van der Waals surface area contributed by atoms with E-state index in [0.29, 0.717) is 39.4 Å². The molecule has 0 unspecified atom stereocenters. The molecule has 1 aliphatic carbocycles. The van der Waals surface area contributed by atoms with E-state index in [0.717, 1.165) is 41.7 Å². The van der Waals surface area contributed by atoms with Crippen LogP contribution in [-0.2, 0) is 5.75 Å². The molecule has 1 aliphatic heterocycles. The van der Waals surface area contributed by atoms with Crippen molar-refractivity contribution in [2.75, 3.05) is 5.75 Å². The molecule has 5 rings (SSSR count). The minimum atomic E-state index is -0.556. The molecular formula is C26H24Cl2FN3O2S. The zero-order chi connectivity index (χ0) is 24.5. The first-order chi connectivity index (χ1) is 16.9. The average Bonchev–Trinajstić information content (AvgIpc) is 3.23. The van der Waals surface area contributed by atoms with Crippen molar-refractivity contribution < 1.29 is 14.3 Å². The Balaban J connectivity index is 1.61. The summed E-state index contributed by atoms with van der Waals surface area (Å²) in [6.45, 7) is 0. The van der Waals surface area contributed by atoms with Crippen LogP contribution >= 0.6 is 35.0 Å². The van der Waals surface area contributed by atoms with Crippen LogP contribution in [0.4, 0.5) is 4.39 Å². The molecule has 1 fully saturated rings. The first kappa shape index (κ1) is 24.4. The zero-order valence-electron chi connectivity index (χ0n) is 18.8. The number of aromatic nitrogens is 2. The van der Waals surface area contributed by atoms with E-state index in [9.17, 15) is 14.3 Å². The number of nitrogens with zero attached hydrogens (tertiary/aromatic N) is 2. The molecule has 0 saturated heterocycles. The van der Waals surface area contributed by atoms with E-state index in [-0.39, 0.29) is 17.8 Å². The summed E-state index contributed by atoms with van der Waals surface area (Å²) in [6.07, 6.45) is 4.77. The molecule has 35 heavy (non-hydrogen) atoms. The minimum Gasteiger partial charge on any atom is -0.391 e. The van der Waals surface area contributed by atoms with Gasteiger partial charge in [-0.15, -0.1) is 0 Å². The standard InChI is InChI=1S/C26H24Cl2FN3O2S/c27-17-7-10-22(20(28)12-17)32-25-16(11-15-5-8-18(29)9-6-15)13-35-14-19(25)24(31-32)26(34)30-21-3-1-2-4-23(21)33/h5-12,21,23,33H,1-4,13-14H2,(H,30,34)/b16-11+/t21-,23-/m1/s1. The number of rotatable bonds is 4. The Morgan fingerprint density at radius 2 is 1.91 bits per heavy atom. The predicted molar refractivity (Wildman–Crippen MR) is 140 cm³/mol. The highest BCUT2D eigenvalue weighted by Gasteiger charge is 2.32. The number of nitrogens with one attached hydrogen (secondary N) is 1. The lowest BCUT2D eigenvalue weighted by molar-refractivity contribution is 0.0713. The fourth-order valence-corrected chi connectivity index (χ4v) is 6.15. The molecule has 2 N–H and O–H groups in total.